The normalized spacial score (nSPS) is 14.7. The van der Waals surface area contributed by atoms with Crippen LogP contribution in [0.2, 0.25) is 0 Å². The van der Waals surface area contributed by atoms with E-state index >= 15 is 0 Å². The molecule has 0 radical (unpaired) electrons. The van der Waals surface area contributed by atoms with Crippen molar-refractivity contribution in [3.8, 4) is 11.9 Å². The zero-order valence-corrected chi connectivity index (χ0v) is 19.5. The summed E-state index contributed by atoms with van der Waals surface area (Å²) in [5.74, 6) is 1.26. The van der Waals surface area contributed by atoms with Gasteiger partial charge in [0.25, 0.3) is 0 Å². The lowest BCUT2D eigenvalue weighted by molar-refractivity contribution is 0.227. The zero-order valence-electron chi connectivity index (χ0n) is 18.7. The Morgan fingerprint density at radius 3 is 2.38 bits per heavy atom. The van der Waals surface area contributed by atoms with Gasteiger partial charge in [-0.05, 0) is 36.9 Å². The number of rotatable bonds is 6. The summed E-state index contributed by atoms with van der Waals surface area (Å²) in [5, 5.41) is 8.50. The minimum absolute atomic E-state index is 0.561. The third kappa shape index (κ3) is 5.26. The summed E-state index contributed by atoms with van der Waals surface area (Å²) < 4.78 is 6.53. The van der Waals surface area contributed by atoms with Crippen LogP contribution in [-0.2, 0) is 5.40 Å². The van der Waals surface area contributed by atoms with Crippen LogP contribution in [-0.4, -0.2) is 63.8 Å². The topological polar surface area (TPSA) is 65.3 Å². The lowest BCUT2D eigenvalue weighted by atomic mass is 9.61. The van der Waals surface area contributed by atoms with Crippen LogP contribution in [0.25, 0.3) is 0 Å². The molecule has 0 bridgehead atoms. The van der Waals surface area contributed by atoms with Crippen molar-refractivity contribution in [2.45, 2.75) is 15.2 Å². The standard InChI is InChI=1S/C23H25B2N5OS/c1-29-11-13-30(14-12-29)22-27-16-20(32-19-9-7-17(15-26)8-10-19)21(28-22)31-23(24,25)18-5-3-2-4-6-18/h2-10,16H,11-14,24-25H2,1H3. The van der Waals surface area contributed by atoms with E-state index < -0.39 is 5.40 Å². The van der Waals surface area contributed by atoms with Crippen LogP contribution in [0.15, 0.2) is 70.6 Å². The molecule has 160 valence electrons. The predicted molar refractivity (Wildman–Crippen MR) is 133 cm³/mol. The number of aromatic nitrogens is 2. The molecule has 1 aliphatic heterocycles. The van der Waals surface area contributed by atoms with Gasteiger partial charge in [0.2, 0.25) is 11.8 Å². The molecule has 0 aliphatic carbocycles. The Labute approximate surface area is 195 Å². The molecule has 1 saturated heterocycles. The number of ether oxygens (including phenoxy) is 1. The second-order valence-electron chi connectivity index (χ2n) is 8.35. The van der Waals surface area contributed by atoms with Crippen LogP contribution < -0.4 is 9.64 Å². The molecule has 3 aromatic rings. The molecule has 1 fully saturated rings. The fourth-order valence-electron chi connectivity index (χ4n) is 3.51. The van der Waals surface area contributed by atoms with E-state index in [0.717, 1.165) is 41.5 Å². The highest BCUT2D eigenvalue weighted by atomic mass is 32.2. The molecule has 4 rings (SSSR count). The lowest BCUT2D eigenvalue weighted by Gasteiger charge is -2.33. The van der Waals surface area contributed by atoms with Crippen molar-refractivity contribution in [1.29, 1.82) is 5.26 Å². The second-order valence-corrected chi connectivity index (χ2v) is 9.46. The van der Waals surface area contributed by atoms with Crippen molar-refractivity contribution in [2.75, 3.05) is 38.1 Å². The van der Waals surface area contributed by atoms with Crippen LogP contribution in [0, 0.1) is 11.3 Å². The highest BCUT2D eigenvalue weighted by Crippen LogP contribution is 2.36. The van der Waals surface area contributed by atoms with Gasteiger partial charge < -0.3 is 14.5 Å². The number of piperazine rings is 1. The van der Waals surface area contributed by atoms with Gasteiger partial charge in [0.1, 0.15) is 0 Å². The Bertz CT molecular complexity index is 1100. The first kappa shape index (κ1) is 22.3. The first-order valence-electron chi connectivity index (χ1n) is 10.7. The first-order valence-corrected chi connectivity index (χ1v) is 11.5. The van der Waals surface area contributed by atoms with E-state index in [9.17, 15) is 0 Å². The number of hydrogen-bond acceptors (Lipinski definition) is 7. The first-order chi connectivity index (χ1) is 15.4. The number of likely N-dealkylation sites (N-methyl/N-ethyl adjacent to an activating group) is 1. The van der Waals surface area contributed by atoms with E-state index in [1.54, 1.807) is 0 Å². The predicted octanol–water partition coefficient (Wildman–Crippen LogP) is 1.71. The van der Waals surface area contributed by atoms with Crippen molar-refractivity contribution in [2.24, 2.45) is 0 Å². The maximum Gasteiger partial charge on any atom is 0.231 e. The molecule has 6 nitrogen and oxygen atoms in total. The molecule has 9 heteroatoms. The molecule has 0 amide bonds. The van der Waals surface area contributed by atoms with Crippen molar-refractivity contribution in [3.05, 3.63) is 71.9 Å². The number of anilines is 1. The van der Waals surface area contributed by atoms with Gasteiger partial charge in [0, 0.05) is 31.1 Å². The molecule has 0 atom stereocenters. The third-order valence-electron chi connectivity index (χ3n) is 5.53. The summed E-state index contributed by atoms with van der Waals surface area (Å²) in [6, 6.07) is 19.8. The van der Waals surface area contributed by atoms with E-state index in [2.05, 4.69) is 55.7 Å². The number of benzene rings is 2. The minimum atomic E-state index is -0.561. The Morgan fingerprint density at radius 1 is 1.03 bits per heavy atom. The van der Waals surface area contributed by atoms with Gasteiger partial charge in [-0.2, -0.15) is 10.2 Å². The third-order valence-corrected chi connectivity index (χ3v) is 6.54. The quantitative estimate of drug-likeness (QED) is 0.540. The summed E-state index contributed by atoms with van der Waals surface area (Å²) in [6.45, 7) is 3.74. The van der Waals surface area contributed by atoms with Crippen LogP contribution in [0.5, 0.6) is 5.88 Å². The monoisotopic (exact) mass is 441 g/mol. The van der Waals surface area contributed by atoms with Crippen molar-refractivity contribution in [1.82, 2.24) is 14.9 Å². The molecule has 0 saturated carbocycles. The largest absolute Gasteiger partial charge is 0.485 e. The molecule has 2 heterocycles. The second kappa shape index (κ2) is 9.68. The van der Waals surface area contributed by atoms with Crippen molar-refractivity contribution >= 4 is 33.4 Å². The number of nitrogens with zero attached hydrogens (tertiary/aromatic N) is 5. The van der Waals surface area contributed by atoms with Gasteiger partial charge in [0.15, 0.2) is 15.7 Å². The zero-order chi connectivity index (χ0) is 22.6. The molecule has 1 aliphatic rings. The summed E-state index contributed by atoms with van der Waals surface area (Å²) in [7, 11) is 6.23. The van der Waals surface area contributed by atoms with Crippen molar-refractivity contribution < 1.29 is 4.74 Å². The van der Waals surface area contributed by atoms with Gasteiger partial charge >= 0.3 is 0 Å². The molecule has 0 N–H and O–H groups in total. The lowest BCUT2D eigenvalue weighted by Crippen LogP contribution is -2.45. The average Bonchev–Trinajstić information content (AvgIpc) is 2.81. The summed E-state index contributed by atoms with van der Waals surface area (Å²) in [5.41, 5.74) is 1.71. The Hall–Kier alpha value is -2.95. The van der Waals surface area contributed by atoms with Gasteiger partial charge in [-0.15, -0.1) is 0 Å². The van der Waals surface area contributed by atoms with E-state index in [0.29, 0.717) is 17.4 Å². The molecule has 32 heavy (non-hydrogen) atoms. The van der Waals surface area contributed by atoms with Crippen LogP contribution in [0.4, 0.5) is 5.95 Å². The van der Waals surface area contributed by atoms with Gasteiger partial charge in [-0.25, -0.2) is 4.98 Å². The number of hydrogen-bond donors (Lipinski definition) is 0. The van der Waals surface area contributed by atoms with E-state index in [1.165, 1.54) is 11.8 Å². The fraction of sp³-hybridized carbons (Fsp3) is 0.261. The SMILES string of the molecule is BC(B)(Oc1nc(N2CCN(C)CC2)ncc1Sc1ccc(C#N)cc1)c1ccccc1. The molecule has 2 aromatic carbocycles. The van der Waals surface area contributed by atoms with Crippen molar-refractivity contribution in [3.63, 3.8) is 0 Å². The van der Waals surface area contributed by atoms with Gasteiger partial charge in [-0.1, -0.05) is 42.1 Å². The Kier molecular flexibility index (Phi) is 6.73. The summed E-state index contributed by atoms with van der Waals surface area (Å²) >= 11 is 1.54. The van der Waals surface area contributed by atoms with Crippen LogP contribution in [0.3, 0.4) is 0 Å². The van der Waals surface area contributed by atoms with Gasteiger partial charge in [0.05, 0.1) is 28.1 Å². The molecule has 0 spiro atoms. The van der Waals surface area contributed by atoms with Gasteiger partial charge in [-0.3, -0.25) is 0 Å². The fourth-order valence-corrected chi connectivity index (χ4v) is 4.32. The maximum atomic E-state index is 9.06. The summed E-state index contributed by atoms with van der Waals surface area (Å²) in [4.78, 5) is 15.9. The smallest absolute Gasteiger partial charge is 0.231 e. The number of nitriles is 1. The highest BCUT2D eigenvalue weighted by molar-refractivity contribution is 7.99. The molecular formula is C23H25B2N5OS. The highest BCUT2D eigenvalue weighted by Gasteiger charge is 2.26. The Morgan fingerprint density at radius 2 is 1.72 bits per heavy atom. The van der Waals surface area contributed by atoms with Crippen LogP contribution in [0.1, 0.15) is 11.1 Å². The minimum Gasteiger partial charge on any atom is -0.485 e. The van der Waals surface area contributed by atoms with E-state index in [1.807, 2.05) is 48.7 Å². The maximum absolute atomic E-state index is 9.06. The van der Waals surface area contributed by atoms with E-state index in [4.69, 9.17) is 15.0 Å². The Balaban J connectivity index is 1.65. The van der Waals surface area contributed by atoms with Crippen LogP contribution >= 0.6 is 11.8 Å². The average molecular weight is 441 g/mol. The summed E-state index contributed by atoms with van der Waals surface area (Å²) in [6.07, 6.45) is 1.85. The van der Waals surface area contributed by atoms with E-state index in [-0.39, 0.29) is 0 Å². The molecule has 1 aromatic heterocycles. The molecular weight excluding hydrogens is 416 g/mol. The molecule has 0 unspecified atom stereocenters.